The van der Waals surface area contributed by atoms with Gasteiger partial charge in [0.25, 0.3) is 11.8 Å². The second-order valence-corrected chi connectivity index (χ2v) is 12.2. The summed E-state index contributed by atoms with van der Waals surface area (Å²) in [7, 11) is -2.29. The van der Waals surface area contributed by atoms with E-state index in [0.29, 0.717) is 11.3 Å². The SMILES string of the molecule is Cc1ccc(S(=O)(=O)N(C)C[C@H]2Oc3ccc(NC(=O)c4ccncc4)cc3C(=O)N([C@H](C)CO)C[C@H]2C)cc1. The van der Waals surface area contributed by atoms with Crippen molar-refractivity contribution in [1.82, 2.24) is 14.2 Å². The molecule has 0 bridgehead atoms. The molecule has 212 valence electrons. The van der Waals surface area contributed by atoms with Crippen molar-refractivity contribution < 1.29 is 27.9 Å². The van der Waals surface area contributed by atoms with Crippen LogP contribution in [0.1, 0.15) is 40.1 Å². The molecule has 40 heavy (non-hydrogen) atoms. The van der Waals surface area contributed by atoms with Gasteiger partial charge in [0.1, 0.15) is 11.9 Å². The Balaban J connectivity index is 1.65. The van der Waals surface area contributed by atoms with Gasteiger partial charge in [-0.05, 0) is 56.3 Å². The van der Waals surface area contributed by atoms with Crippen LogP contribution >= 0.6 is 0 Å². The number of aromatic nitrogens is 1. The third-order valence-electron chi connectivity index (χ3n) is 7.03. The van der Waals surface area contributed by atoms with Gasteiger partial charge in [-0.3, -0.25) is 14.6 Å². The number of nitrogens with one attached hydrogen (secondary N) is 1. The molecule has 2 N–H and O–H groups in total. The zero-order valence-corrected chi connectivity index (χ0v) is 23.8. The Morgan fingerprint density at radius 3 is 2.50 bits per heavy atom. The highest BCUT2D eigenvalue weighted by atomic mass is 32.2. The van der Waals surface area contributed by atoms with Gasteiger partial charge in [0, 0.05) is 43.2 Å². The summed E-state index contributed by atoms with van der Waals surface area (Å²) >= 11 is 0. The zero-order chi connectivity index (χ0) is 29.0. The number of benzene rings is 2. The predicted molar refractivity (Wildman–Crippen MR) is 151 cm³/mol. The number of aliphatic hydroxyl groups excluding tert-OH is 1. The van der Waals surface area contributed by atoms with E-state index in [1.54, 1.807) is 60.4 Å². The van der Waals surface area contributed by atoms with Gasteiger partial charge in [0.05, 0.1) is 29.7 Å². The van der Waals surface area contributed by atoms with Gasteiger partial charge in [-0.25, -0.2) is 8.42 Å². The molecule has 3 aromatic rings. The summed E-state index contributed by atoms with van der Waals surface area (Å²) in [5.74, 6) is -0.730. The maximum Gasteiger partial charge on any atom is 0.258 e. The van der Waals surface area contributed by atoms with Crippen LogP contribution in [0.15, 0.2) is 71.9 Å². The molecule has 0 radical (unpaired) electrons. The van der Waals surface area contributed by atoms with Gasteiger partial charge in [-0.1, -0.05) is 24.6 Å². The standard InChI is InChI=1S/C29H34N4O6S/c1-19-5-8-24(9-6-19)40(37,38)32(4)17-27-20(2)16-33(21(3)18-34)29(36)25-15-23(7-10-26(25)39-27)31-28(35)22-11-13-30-14-12-22/h5-15,20-21,27,34H,16-18H2,1-4H3,(H,31,35)/t20-,21-,27-/m1/s1. The Morgan fingerprint density at radius 2 is 1.85 bits per heavy atom. The second-order valence-electron chi connectivity index (χ2n) is 10.1. The largest absolute Gasteiger partial charge is 0.488 e. The molecule has 0 saturated carbocycles. The number of ether oxygens (including phenoxy) is 1. The third-order valence-corrected chi connectivity index (χ3v) is 8.87. The van der Waals surface area contributed by atoms with Gasteiger partial charge in [-0.15, -0.1) is 0 Å². The average Bonchev–Trinajstić information content (AvgIpc) is 2.95. The lowest BCUT2D eigenvalue weighted by Gasteiger charge is -2.38. The Bertz CT molecular complexity index is 1460. The van der Waals surface area contributed by atoms with E-state index in [4.69, 9.17) is 4.74 Å². The monoisotopic (exact) mass is 566 g/mol. The predicted octanol–water partition coefficient (Wildman–Crippen LogP) is 3.18. The molecule has 0 aliphatic carbocycles. The zero-order valence-electron chi connectivity index (χ0n) is 22.9. The first-order valence-corrected chi connectivity index (χ1v) is 14.4. The van der Waals surface area contributed by atoms with E-state index in [9.17, 15) is 23.1 Å². The lowest BCUT2D eigenvalue weighted by Crippen LogP contribution is -2.50. The van der Waals surface area contributed by atoms with Crippen molar-refractivity contribution in [2.45, 2.75) is 37.8 Å². The minimum absolute atomic E-state index is 0.0346. The first kappa shape index (κ1) is 29.2. The number of aryl methyl sites for hydroxylation is 1. The maximum absolute atomic E-state index is 13.7. The number of pyridine rings is 1. The van der Waals surface area contributed by atoms with E-state index in [-0.39, 0.29) is 53.6 Å². The summed E-state index contributed by atoms with van der Waals surface area (Å²) in [6.07, 6.45) is 2.42. The Labute approximate surface area is 234 Å². The minimum Gasteiger partial charge on any atom is -0.488 e. The summed E-state index contributed by atoms with van der Waals surface area (Å²) in [5, 5.41) is 12.7. The number of rotatable bonds is 8. The highest BCUT2D eigenvalue weighted by Crippen LogP contribution is 2.31. The fourth-order valence-electron chi connectivity index (χ4n) is 4.47. The van der Waals surface area contributed by atoms with Crippen LogP contribution in [0, 0.1) is 12.8 Å². The van der Waals surface area contributed by atoms with E-state index >= 15 is 0 Å². The first-order chi connectivity index (χ1) is 19.0. The average molecular weight is 567 g/mol. The number of fused-ring (bicyclic) bond motifs is 1. The highest BCUT2D eigenvalue weighted by Gasteiger charge is 2.35. The number of hydrogen-bond acceptors (Lipinski definition) is 7. The maximum atomic E-state index is 13.7. The van der Waals surface area contributed by atoms with Crippen molar-refractivity contribution in [2.75, 3.05) is 32.1 Å². The molecular weight excluding hydrogens is 532 g/mol. The van der Waals surface area contributed by atoms with Crippen LogP contribution in [0.5, 0.6) is 5.75 Å². The number of anilines is 1. The van der Waals surface area contributed by atoms with Gasteiger partial charge in [0.2, 0.25) is 10.0 Å². The first-order valence-electron chi connectivity index (χ1n) is 13.0. The molecule has 1 aromatic heterocycles. The van der Waals surface area contributed by atoms with Gasteiger partial charge in [-0.2, -0.15) is 4.31 Å². The lowest BCUT2D eigenvalue weighted by atomic mass is 9.99. The molecule has 0 saturated heterocycles. The number of likely N-dealkylation sites (N-methyl/N-ethyl adjacent to an activating group) is 1. The molecule has 0 spiro atoms. The molecule has 11 heteroatoms. The Kier molecular flexibility index (Phi) is 8.87. The number of carbonyl (C=O) groups excluding carboxylic acids is 2. The van der Waals surface area contributed by atoms with Gasteiger partial charge >= 0.3 is 0 Å². The van der Waals surface area contributed by atoms with Crippen molar-refractivity contribution >= 4 is 27.5 Å². The summed E-state index contributed by atoms with van der Waals surface area (Å²) in [5.41, 5.74) is 1.95. The Hall–Kier alpha value is -3.80. The smallest absolute Gasteiger partial charge is 0.258 e. The summed E-state index contributed by atoms with van der Waals surface area (Å²) in [4.78, 5) is 32.0. The fourth-order valence-corrected chi connectivity index (χ4v) is 5.65. The quantitative estimate of drug-likeness (QED) is 0.428. The molecule has 2 heterocycles. The van der Waals surface area contributed by atoms with Crippen LogP contribution in [0.4, 0.5) is 5.69 Å². The second kappa shape index (κ2) is 12.2. The highest BCUT2D eigenvalue weighted by molar-refractivity contribution is 7.89. The van der Waals surface area contributed by atoms with Crippen LogP contribution in [0.2, 0.25) is 0 Å². The third kappa shape index (κ3) is 6.33. The number of sulfonamides is 1. The van der Waals surface area contributed by atoms with E-state index in [1.807, 2.05) is 13.8 Å². The molecule has 1 aliphatic rings. The lowest BCUT2D eigenvalue weighted by molar-refractivity contribution is 0.0387. The molecule has 3 atom stereocenters. The molecule has 1 aliphatic heterocycles. The van der Waals surface area contributed by atoms with Crippen LogP contribution in [-0.2, 0) is 10.0 Å². The van der Waals surface area contributed by atoms with E-state index in [0.717, 1.165) is 5.56 Å². The van der Waals surface area contributed by atoms with Crippen molar-refractivity contribution in [1.29, 1.82) is 0 Å². The summed E-state index contributed by atoms with van der Waals surface area (Å²) in [6.45, 7) is 5.53. The minimum atomic E-state index is -3.79. The van der Waals surface area contributed by atoms with Crippen molar-refractivity contribution in [2.24, 2.45) is 5.92 Å². The molecule has 4 rings (SSSR count). The summed E-state index contributed by atoms with van der Waals surface area (Å²) < 4.78 is 34.1. The number of aliphatic hydroxyl groups is 1. The van der Waals surface area contributed by atoms with Crippen LogP contribution in [-0.4, -0.2) is 78.4 Å². The van der Waals surface area contributed by atoms with Gasteiger partial charge < -0.3 is 20.1 Å². The Morgan fingerprint density at radius 1 is 1.18 bits per heavy atom. The van der Waals surface area contributed by atoms with Crippen molar-refractivity contribution in [3.63, 3.8) is 0 Å². The van der Waals surface area contributed by atoms with E-state index in [1.165, 1.54) is 29.8 Å². The molecule has 2 amide bonds. The fraction of sp³-hybridized carbons (Fsp3) is 0.345. The molecule has 0 fully saturated rings. The molecular formula is C29H34N4O6S. The number of nitrogens with zero attached hydrogens (tertiary/aromatic N) is 3. The van der Waals surface area contributed by atoms with Crippen LogP contribution in [0.3, 0.4) is 0 Å². The van der Waals surface area contributed by atoms with E-state index in [2.05, 4.69) is 10.3 Å². The normalized spacial score (nSPS) is 18.4. The van der Waals surface area contributed by atoms with Crippen molar-refractivity contribution in [3.8, 4) is 5.75 Å². The topological polar surface area (TPSA) is 129 Å². The molecule has 2 aromatic carbocycles. The number of carbonyl (C=O) groups is 2. The van der Waals surface area contributed by atoms with Crippen LogP contribution in [0.25, 0.3) is 0 Å². The van der Waals surface area contributed by atoms with Crippen LogP contribution < -0.4 is 10.1 Å². The number of hydrogen-bond donors (Lipinski definition) is 2. The van der Waals surface area contributed by atoms with E-state index < -0.39 is 22.2 Å². The molecule has 10 nitrogen and oxygen atoms in total. The van der Waals surface area contributed by atoms with Gasteiger partial charge in [0.15, 0.2) is 0 Å². The molecule has 0 unspecified atom stereocenters. The number of amides is 2. The summed E-state index contributed by atoms with van der Waals surface area (Å²) in [6, 6.07) is 14.1. The van der Waals surface area contributed by atoms with Crippen molar-refractivity contribution in [3.05, 3.63) is 83.7 Å².